The predicted molar refractivity (Wildman–Crippen MR) is 107 cm³/mol. The van der Waals surface area contributed by atoms with Crippen molar-refractivity contribution in [2.24, 2.45) is 0 Å². The highest BCUT2D eigenvalue weighted by Crippen LogP contribution is 2.43. The molecule has 3 aromatic carbocycles. The summed E-state index contributed by atoms with van der Waals surface area (Å²) in [5.74, 6) is 0.809. The molecule has 0 saturated heterocycles. The van der Waals surface area contributed by atoms with Gasteiger partial charge in [0.25, 0.3) is 0 Å². The second-order valence-corrected chi connectivity index (χ2v) is 7.84. The maximum absolute atomic E-state index is 6.59. The highest BCUT2D eigenvalue weighted by atomic mass is 35.5. The lowest BCUT2D eigenvalue weighted by Crippen LogP contribution is -2.14. The zero-order valence-corrected chi connectivity index (χ0v) is 15.6. The molecule has 0 saturated carbocycles. The third kappa shape index (κ3) is 2.55. The first-order valence-electron chi connectivity index (χ1n) is 8.33. The Morgan fingerprint density at radius 1 is 1.00 bits per heavy atom. The Morgan fingerprint density at radius 2 is 1.85 bits per heavy atom. The molecule has 5 rings (SSSR count). The molecule has 4 aromatic rings. The van der Waals surface area contributed by atoms with Gasteiger partial charge in [-0.1, -0.05) is 77.5 Å². The average Bonchev–Trinajstić information content (AvgIpc) is 3.23. The zero-order valence-electron chi connectivity index (χ0n) is 14.0. The summed E-state index contributed by atoms with van der Waals surface area (Å²) in [4.78, 5) is 0. The van der Waals surface area contributed by atoms with E-state index in [-0.39, 0.29) is 5.37 Å². The maximum Gasteiger partial charge on any atom is 0.212 e. The molecular weight excluding hydrogens is 364 g/mol. The molecule has 1 aliphatic rings. The molecule has 0 aliphatic carbocycles. The van der Waals surface area contributed by atoms with E-state index in [2.05, 4.69) is 46.8 Å². The molecule has 0 fully saturated rings. The quantitative estimate of drug-likeness (QED) is 0.506. The van der Waals surface area contributed by atoms with E-state index in [4.69, 9.17) is 11.6 Å². The van der Waals surface area contributed by atoms with Crippen LogP contribution in [-0.2, 0) is 0 Å². The standard InChI is InChI=1S/C20H15ClN4S/c1-12-7-8-14-11-17(21)16(10-15(14)9-12)19-24-25-18(22-23-20(25)26-19)13-5-3-2-4-6-13/h2-11,19,24H,1H3. The van der Waals surface area contributed by atoms with Gasteiger partial charge in [0.15, 0.2) is 5.82 Å². The van der Waals surface area contributed by atoms with Crippen molar-refractivity contribution >= 4 is 34.1 Å². The van der Waals surface area contributed by atoms with Crippen LogP contribution in [0.4, 0.5) is 0 Å². The van der Waals surface area contributed by atoms with Crippen molar-refractivity contribution in [1.82, 2.24) is 14.9 Å². The maximum atomic E-state index is 6.59. The molecular formula is C20H15ClN4S. The fourth-order valence-electron chi connectivity index (χ4n) is 3.23. The number of aryl methyl sites for hydroxylation is 1. The van der Waals surface area contributed by atoms with Gasteiger partial charge in [-0.25, -0.2) is 4.68 Å². The Bertz CT molecular complexity index is 1120. The average molecular weight is 379 g/mol. The topological polar surface area (TPSA) is 42.7 Å². The van der Waals surface area contributed by atoms with Gasteiger partial charge in [-0.05, 0) is 29.8 Å². The third-order valence-corrected chi connectivity index (χ3v) is 5.93. The lowest BCUT2D eigenvalue weighted by atomic mass is 10.0. The third-order valence-electron chi connectivity index (χ3n) is 4.53. The Hall–Kier alpha value is -2.50. The number of thioether (sulfide) groups is 1. The molecule has 4 nitrogen and oxygen atoms in total. The fraction of sp³-hybridized carbons (Fsp3) is 0.100. The van der Waals surface area contributed by atoms with Crippen LogP contribution in [0.5, 0.6) is 0 Å². The van der Waals surface area contributed by atoms with Crippen LogP contribution in [0.3, 0.4) is 0 Å². The van der Waals surface area contributed by atoms with Gasteiger partial charge in [0.1, 0.15) is 5.37 Å². The van der Waals surface area contributed by atoms with Gasteiger partial charge >= 0.3 is 0 Å². The Kier molecular flexibility index (Phi) is 3.65. The summed E-state index contributed by atoms with van der Waals surface area (Å²) in [6, 6.07) is 20.6. The highest BCUT2D eigenvalue weighted by Gasteiger charge is 2.29. The monoisotopic (exact) mass is 378 g/mol. The number of halogens is 1. The lowest BCUT2D eigenvalue weighted by molar-refractivity contribution is 0.793. The molecule has 1 aliphatic heterocycles. The van der Waals surface area contributed by atoms with Gasteiger partial charge in [0, 0.05) is 16.1 Å². The van der Waals surface area contributed by atoms with Crippen LogP contribution in [0.2, 0.25) is 5.02 Å². The van der Waals surface area contributed by atoms with Gasteiger partial charge in [-0.2, -0.15) is 0 Å². The van der Waals surface area contributed by atoms with Crippen molar-refractivity contribution in [3.05, 3.63) is 76.8 Å². The number of benzene rings is 3. The van der Waals surface area contributed by atoms with E-state index in [1.165, 1.54) is 10.9 Å². The highest BCUT2D eigenvalue weighted by molar-refractivity contribution is 7.99. The molecule has 0 bridgehead atoms. The van der Waals surface area contributed by atoms with Crippen LogP contribution in [-0.4, -0.2) is 14.9 Å². The van der Waals surface area contributed by atoms with Crippen molar-refractivity contribution in [3.63, 3.8) is 0 Å². The molecule has 26 heavy (non-hydrogen) atoms. The number of rotatable bonds is 2. The molecule has 128 valence electrons. The first kappa shape index (κ1) is 15.7. The Labute approximate surface area is 160 Å². The summed E-state index contributed by atoms with van der Waals surface area (Å²) in [6.45, 7) is 2.10. The molecule has 1 atom stereocenters. The van der Waals surface area contributed by atoms with Crippen LogP contribution in [0.1, 0.15) is 16.5 Å². The van der Waals surface area contributed by atoms with E-state index in [9.17, 15) is 0 Å². The molecule has 2 heterocycles. The van der Waals surface area contributed by atoms with Crippen molar-refractivity contribution in [3.8, 4) is 11.4 Å². The summed E-state index contributed by atoms with van der Waals surface area (Å²) in [5, 5.41) is 12.6. The van der Waals surface area contributed by atoms with E-state index < -0.39 is 0 Å². The Balaban J connectivity index is 1.54. The zero-order chi connectivity index (χ0) is 17.7. The van der Waals surface area contributed by atoms with E-state index in [1.807, 2.05) is 41.1 Å². The van der Waals surface area contributed by atoms with Crippen molar-refractivity contribution in [2.75, 3.05) is 5.43 Å². The van der Waals surface area contributed by atoms with Gasteiger partial charge in [0.05, 0.1) is 0 Å². The van der Waals surface area contributed by atoms with Gasteiger partial charge in [-0.15, -0.1) is 10.2 Å². The number of aromatic nitrogens is 3. The fourth-order valence-corrected chi connectivity index (χ4v) is 4.60. The summed E-state index contributed by atoms with van der Waals surface area (Å²) in [7, 11) is 0. The summed E-state index contributed by atoms with van der Waals surface area (Å²) < 4.78 is 1.95. The van der Waals surface area contributed by atoms with Crippen LogP contribution >= 0.6 is 23.4 Å². The minimum atomic E-state index is 0.000347. The second kappa shape index (κ2) is 6.04. The number of nitrogens with zero attached hydrogens (tertiary/aromatic N) is 3. The van der Waals surface area contributed by atoms with Crippen molar-refractivity contribution < 1.29 is 0 Å². The molecule has 0 radical (unpaired) electrons. The number of hydrogen-bond donors (Lipinski definition) is 1. The summed E-state index contributed by atoms with van der Waals surface area (Å²) in [5.41, 5.74) is 6.81. The molecule has 0 spiro atoms. The molecule has 1 aromatic heterocycles. The SMILES string of the molecule is Cc1ccc2cc(Cl)c(C3Nn4c(nnc4-c4ccccc4)S3)cc2c1. The van der Waals surface area contributed by atoms with Crippen LogP contribution < -0.4 is 5.43 Å². The van der Waals surface area contributed by atoms with Crippen molar-refractivity contribution in [2.45, 2.75) is 17.5 Å². The minimum Gasteiger partial charge on any atom is -0.304 e. The largest absolute Gasteiger partial charge is 0.304 e. The van der Waals surface area contributed by atoms with Crippen molar-refractivity contribution in [1.29, 1.82) is 0 Å². The summed E-state index contributed by atoms with van der Waals surface area (Å²) in [6.07, 6.45) is 0. The van der Waals surface area contributed by atoms with E-state index in [1.54, 1.807) is 11.8 Å². The van der Waals surface area contributed by atoms with Crippen LogP contribution in [0.15, 0.2) is 65.8 Å². The minimum absolute atomic E-state index is 0.000347. The lowest BCUT2D eigenvalue weighted by Gasteiger charge is -2.15. The molecule has 6 heteroatoms. The summed E-state index contributed by atoms with van der Waals surface area (Å²) >= 11 is 8.22. The number of hydrogen-bond acceptors (Lipinski definition) is 4. The molecule has 0 amide bonds. The van der Waals surface area contributed by atoms with E-state index in [0.717, 1.165) is 32.5 Å². The Morgan fingerprint density at radius 3 is 2.69 bits per heavy atom. The smallest absolute Gasteiger partial charge is 0.212 e. The predicted octanol–water partition coefficient (Wildman–Crippen LogP) is 5.41. The molecule has 1 N–H and O–H groups in total. The van der Waals surface area contributed by atoms with E-state index in [0.29, 0.717) is 0 Å². The van der Waals surface area contributed by atoms with E-state index >= 15 is 0 Å². The first-order chi connectivity index (χ1) is 12.7. The van der Waals surface area contributed by atoms with Crippen LogP contribution in [0, 0.1) is 6.92 Å². The second-order valence-electron chi connectivity index (χ2n) is 6.36. The van der Waals surface area contributed by atoms with Gasteiger partial charge in [0.2, 0.25) is 5.16 Å². The normalized spacial score (nSPS) is 15.8. The van der Waals surface area contributed by atoms with Gasteiger partial charge < -0.3 is 5.43 Å². The number of fused-ring (bicyclic) bond motifs is 2. The number of nitrogens with one attached hydrogen (secondary N) is 1. The van der Waals surface area contributed by atoms with Gasteiger partial charge in [-0.3, -0.25) is 0 Å². The first-order valence-corrected chi connectivity index (χ1v) is 9.59. The molecule has 1 unspecified atom stereocenters. The van der Waals surface area contributed by atoms with Crippen LogP contribution in [0.25, 0.3) is 22.2 Å².